The van der Waals surface area contributed by atoms with Crippen LogP contribution in [0.3, 0.4) is 0 Å². The molecule has 0 saturated carbocycles. The molecule has 0 aliphatic heterocycles. The zero-order valence-corrected chi connectivity index (χ0v) is 11.8. The smallest absolute Gasteiger partial charge is 0.0593 e. The third-order valence-electron chi connectivity index (χ3n) is 2.52. The highest BCUT2D eigenvalue weighted by Gasteiger charge is 2.05. The number of anilines is 1. The molecule has 0 bridgehead atoms. The van der Waals surface area contributed by atoms with E-state index in [1.807, 2.05) is 35.1 Å². The van der Waals surface area contributed by atoms with Crippen molar-refractivity contribution in [3.8, 4) is 0 Å². The van der Waals surface area contributed by atoms with Gasteiger partial charge in [0.25, 0.3) is 0 Å². The van der Waals surface area contributed by atoms with Crippen molar-refractivity contribution < 1.29 is 0 Å². The van der Waals surface area contributed by atoms with E-state index < -0.39 is 0 Å². The molecule has 5 heteroatoms. The van der Waals surface area contributed by atoms with Crippen molar-refractivity contribution in [3.63, 3.8) is 0 Å². The Kier molecular flexibility index (Phi) is 4.07. The third kappa shape index (κ3) is 2.82. The van der Waals surface area contributed by atoms with Crippen LogP contribution in [0, 0.1) is 0 Å². The van der Waals surface area contributed by atoms with Gasteiger partial charge >= 0.3 is 0 Å². The molecule has 0 fully saturated rings. The van der Waals surface area contributed by atoms with Crippen LogP contribution in [0.15, 0.2) is 34.9 Å². The third-order valence-corrected chi connectivity index (χ3v) is 3.91. The Labute approximate surface area is 114 Å². The lowest BCUT2D eigenvalue weighted by Crippen LogP contribution is -2.08. The van der Waals surface area contributed by atoms with Gasteiger partial charge in [-0.25, -0.2) is 0 Å². The van der Waals surface area contributed by atoms with Crippen molar-refractivity contribution in [1.82, 2.24) is 9.78 Å². The van der Waals surface area contributed by atoms with Crippen LogP contribution in [-0.2, 0) is 13.1 Å². The summed E-state index contributed by atoms with van der Waals surface area (Å²) < 4.78 is 2.86. The molecule has 90 valence electrons. The topological polar surface area (TPSA) is 29.9 Å². The average molecular weight is 315 g/mol. The number of nitrogens with zero attached hydrogens (tertiary/aromatic N) is 2. The quantitative estimate of drug-likeness (QED) is 0.926. The van der Waals surface area contributed by atoms with E-state index in [0.29, 0.717) is 5.02 Å². The van der Waals surface area contributed by atoms with E-state index in [4.69, 9.17) is 11.6 Å². The number of rotatable bonds is 4. The standard InChI is InChI=1S/C12H13BrClN3/c1-2-17-9(6-7-16-17)8-15-11-5-3-4-10(14)12(11)13/h3-7,15H,2,8H2,1H3. The molecule has 3 nitrogen and oxygen atoms in total. The molecule has 17 heavy (non-hydrogen) atoms. The molecule has 1 aromatic carbocycles. The van der Waals surface area contributed by atoms with Crippen LogP contribution in [0.2, 0.25) is 5.02 Å². The maximum absolute atomic E-state index is 6.03. The first-order valence-electron chi connectivity index (χ1n) is 5.41. The number of hydrogen-bond acceptors (Lipinski definition) is 2. The monoisotopic (exact) mass is 313 g/mol. The Morgan fingerprint density at radius 2 is 2.24 bits per heavy atom. The minimum atomic E-state index is 0.707. The van der Waals surface area contributed by atoms with Crippen LogP contribution >= 0.6 is 27.5 Å². The van der Waals surface area contributed by atoms with E-state index in [9.17, 15) is 0 Å². The molecule has 0 aliphatic rings. The highest BCUT2D eigenvalue weighted by molar-refractivity contribution is 9.10. The second kappa shape index (κ2) is 5.56. The molecule has 0 amide bonds. The predicted octanol–water partition coefficient (Wildman–Crippen LogP) is 3.93. The number of aromatic nitrogens is 2. The van der Waals surface area contributed by atoms with E-state index in [1.165, 1.54) is 0 Å². The predicted molar refractivity (Wildman–Crippen MR) is 74.4 cm³/mol. The molecule has 1 aromatic heterocycles. The van der Waals surface area contributed by atoms with Gasteiger partial charge in [-0.2, -0.15) is 5.10 Å². The fourth-order valence-electron chi connectivity index (χ4n) is 1.62. The molecule has 2 rings (SSSR count). The fraction of sp³-hybridized carbons (Fsp3) is 0.250. The van der Waals surface area contributed by atoms with Gasteiger partial charge in [0.1, 0.15) is 0 Å². The summed E-state index contributed by atoms with van der Waals surface area (Å²) in [5, 5.41) is 8.27. The summed E-state index contributed by atoms with van der Waals surface area (Å²) in [6.45, 7) is 3.68. The number of aryl methyl sites for hydroxylation is 1. The fourth-order valence-corrected chi connectivity index (χ4v) is 2.20. The second-order valence-electron chi connectivity index (χ2n) is 3.59. The summed E-state index contributed by atoms with van der Waals surface area (Å²) in [5.74, 6) is 0. The van der Waals surface area contributed by atoms with Crippen molar-refractivity contribution in [3.05, 3.63) is 45.7 Å². The Morgan fingerprint density at radius 3 is 3.00 bits per heavy atom. The largest absolute Gasteiger partial charge is 0.378 e. The first-order valence-corrected chi connectivity index (χ1v) is 6.58. The molecule has 0 atom stereocenters. The zero-order chi connectivity index (χ0) is 12.3. The molecule has 0 aliphatic carbocycles. The van der Waals surface area contributed by atoms with Crippen molar-refractivity contribution in [2.45, 2.75) is 20.0 Å². The van der Waals surface area contributed by atoms with Gasteiger partial charge in [-0.15, -0.1) is 0 Å². The summed E-state index contributed by atoms with van der Waals surface area (Å²) in [4.78, 5) is 0. The molecular formula is C12H13BrClN3. The molecule has 0 saturated heterocycles. The highest BCUT2D eigenvalue weighted by Crippen LogP contribution is 2.30. The first-order chi connectivity index (χ1) is 8.22. The highest BCUT2D eigenvalue weighted by atomic mass is 79.9. The van der Waals surface area contributed by atoms with Crippen LogP contribution in [0.1, 0.15) is 12.6 Å². The Hall–Kier alpha value is -1.000. The molecule has 1 heterocycles. The van der Waals surface area contributed by atoms with Crippen LogP contribution in [0.25, 0.3) is 0 Å². The van der Waals surface area contributed by atoms with Gasteiger partial charge < -0.3 is 5.32 Å². The second-order valence-corrected chi connectivity index (χ2v) is 4.79. The van der Waals surface area contributed by atoms with Crippen LogP contribution in [-0.4, -0.2) is 9.78 Å². The lowest BCUT2D eigenvalue weighted by Gasteiger charge is -2.10. The van der Waals surface area contributed by atoms with Gasteiger partial charge in [0, 0.05) is 12.7 Å². The van der Waals surface area contributed by atoms with Crippen molar-refractivity contribution >= 4 is 33.2 Å². The van der Waals surface area contributed by atoms with Gasteiger partial charge in [0.2, 0.25) is 0 Å². The van der Waals surface area contributed by atoms with Gasteiger partial charge in [-0.05, 0) is 41.1 Å². The number of hydrogen-bond donors (Lipinski definition) is 1. The van der Waals surface area contributed by atoms with Gasteiger partial charge in [-0.1, -0.05) is 17.7 Å². The number of halogens is 2. The molecular weight excluding hydrogens is 302 g/mol. The Bertz CT molecular complexity index is 510. The van der Waals surface area contributed by atoms with Crippen LogP contribution in [0.4, 0.5) is 5.69 Å². The van der Waals surface area contributed by atoms with E-state index in [-0.39, 0.29) is 0 Å². The Balaban J connectivity index is 2.10. The number of nitrogens with one attached hydrogen (secondary N) is 1. The zero-order valence-electron chi connectivity index (χ0n) is 9.45. The summed E-state index contributed by atoms with van der Waals surface area (Å²) in [6.07, 6.45) is 1.81. The van der Waals surface area contributed by atoms with Crippen LogP contribution in [0.5, 0.6) is 0 Å². The SMILES string of the molecule is CCn1nccc1CNc1cccc(Cl)c1Br. The van der Waals surface area contributed by atoms with E-state index in [2.05, 4.69) is 33.3 Å². The minimum Gasteiger partial charge on any atom is -0.378 e. The van der Waals surface area contributed by atoms with E-state index in [1.54, 1.807) is 0 Å². The first kappa shape index (κ1) is 12.5. The summed E-state index contributed by atoms with van der Waals surface area (Å²) in [7, 11) is 0. The number of benzene rings is 1. The molecule has 0 radical (unpaired) electrons. The molecule has 1 N–H and O–H groups in total. The minimum absolute atomic E-state index is 0.707. The van der Waals surface area contributed by atoms with Gasteiger partial charge in [0.05, 0.1) is 27.4 Å². The van der Waals surface area contributed by atoms with Crippen molar-refractivity contribution in [1.29, 1.82) is 0 Å². The van der Waals surface area contributed by atoms with Crippen molar-refractivity contribution in [2.75, 3.05) is 5.32 Å². The Morgan fingerprint density at radius 1 is 1.41 bits per heavy atom. The average Bonchev–Trinajstić information content (AvgIpc) is 2.78. The molecule has 2 aromatic rings. The van der Waals surface area contributed by atoms with Gasteiger partial charge in [0.15, 0.2) is 0 Å². The summed E-state index contributed by atoms with van der Waals surface area (Å²) >= 11 is 9.49. The lowest BCUT2D eigenvalue weighted by molar-refractivity contribution is 0.627. The normalized spacial score (nSPS) is 10.5. The summed E-state index contributed by atoms with van der Waals surface area (Å²) in [5.41, 5.74) is 2.14. The van der Waals surface area contributed by atoms with Gasteiger partial charge in [-0.3, -0.25) is 4.68 Å². The molecule has 0 unspecified atom stereocenters. The maximum atomic E-state index is 6.03. The lowest BCUT2D eigenvalue weighted by atomic mass is 10.3. The van der Waals surface area contributed by atoms with E-state index in [0.717, 1.165) is 28.9 Å². The molecule has 0 spiro atoms. The van der Waals surface area contributed by atoms with E-state index >= 15 is 0 Å². The maximum Gasteiger partial charge on any atom is 0.0593 e. The summed E-state index contributed by atoms with van der Waals surface area (Å²) in [6, 6.07) is 7.78. The van der Waals surface area contributed by atoms with Crippen LogP contribution < -0.4 is 5.32 Å². The van der Waals surface area contributed by atoms with Crippen molar-refractivity contribution in [2.24, 2.45) is 0 Å².